The lowest BCUT2D eigenvalue weighted by molar-refractivity contribution is 0.164. The molecule has 0 unspecified atom stereocenters. The average molecular weight is 293 g/mol. The number of hydrogen-bond donors (Lipinski definition) is 2. The van der Waals surface area contributed by atoms with Crippen LogP contribution < -0.4 is 5.32 Å². The van der Waals surface area contributed by atoms with E-state index in [1.165, 1.54) is 23.5 Å². The third kappa shape index (κ3) is 3.52. The predicted octanol–water partition coefficient (Wildman–Crippen LogP) is 2.45. The zero-order chi connectivity index (χ0) is 13.9. The molecule has 20 heavy (non-hydrogen) atoms. The van der Waals surface area contributed by atoms with E-state index < -0.39 is 0 Å². The van der Waals surface area contributed by atoms with Gasteiger partial charge in [-0.2, -0.15) is 0 Å². The van der Waals surface area contributed by atoms with Crippen molar-refractivity contribution in [2.24, 2.45) is 5.92 Å². The topological polar surface area (TPSA) is 58.0 Å². The lowest BCUT2D eigenvalue weighted by atomic mass is 10.2. The Morgan fingerprint density at radius 3 is 2.75 bits per heavy atom. The largest absolute Gasteiger partial charge is 0.391 e. The van der Waals surface area contributed by atoms with Gasteiger partial charge in [0, 0.05) is 13.0 Å². The van der Waals surface area contributed by atoms with E-state index >= 15 is 0 Å². The minimum Gasteiger partial charge on any atom is -0.391 e. The summed E-state index contributed by atoms with van der Waals surface area (Å²) in [6, 6.07) is 6.39. The maximum atomic E-state index is 12.8. The van der Waals surface area contributed by atoms with Crippen molar-refractivity contribution in [2.45, 2.75) is 25.4 Å². The molecule has 0 bridgehead atoms. The Labute approximate surface area is 120 Å². The van der Waals surface area contributed by atoms with Gasteiger partial charge in [0.25, 0.3) is 0 Å². The highest BCUT2D eigenvalue weighted by Crippen LogP contribution is 2.32. The summed E-state index contributed by atoms with van der Waals surface area (Å²) in [5.74, 6) is 0.219. The Balaban J connectivity index is 1.54. The Bertz CT molecular complexity index is 568. The first-order valence-corrected chi connectivity index (χ1v) is 7.51. The van der Waals surface area contributed by atoms with Gasteiger partial charge in [0.2, 0.25) is 5.13 Å². The van der Waals surface area contributed by atoms with Gasteiger partial charge in [0.05, 0.1) is 6.10 Å². The van der Waals surface area contributed by atoms with Crippen molar-refractivity contribution in [3.8, 4) is 0 Å². The second-order valence-corrected chi connectivity index (χ2v) is 6.15. The fourth-order valence-electron chi connectivity index (χ4n) is 2.01. The quantitative estimate of drug-likeness (QED) is 0.859. The molecule has 2 N–H and O–H groups in total. The van der Waals surface area contributed by atoms with Gasteiger partial charge in [-0.05, 0) is 36.5 Å². The number of anilines is 1. The van der Waals surface area contributed by atoms with E-state index in [-0.39, 0.29) is 11.9 Å². The molecule has 2 aromatic rings. The maximum Gasteiger partial charge on any atom is 0.205 e. The van der Waals surface area contributed by atoms with Gasteiger partial charge < -0.3 is 10.4 Å². The van der Waals surface area contributed by atoms with Gasteiger partial charge in [0.15, 0.2) is 0 Å². The fourth-order valence-corrected chi connectivity index (χ4v) is 2.79. The standard InChI is InChI=1S/C14H16FN3OS/c15-11-5-1-9(2-6-11)7-13-17-18-14(20-13)16-8-12(19)10-3-4-10/h1-2,5-6,10,12,19H,3-4,7-8H2,(H,16,18)/t12-/m1/s1. The molecule has 0 saturated heterocycles. The van der Waals surface area contributed by atoms with Gasteiger partial charge in [-0.3, -0.25) is 0 Å². The van der Waals surface area contributed by atoms with E-state index in [1.54, 1.807) is 12.1 Å². The Kier molecular flexibility index (Phi) is 3.93. The molecule has 1 atom stereocenters. The molecule has 0 amide bonds. The molecule has 0 spiro atoms. The highest BCUT2D eigenvalue weighted by Gasteiger charge is 2.29. The summed E-state index contributed by atoms with van der Waals surface area (Å²) in [6.07, 6.45) is 2.59. The van der Waals surface area contributed by atoms with Crippen molar-refractivity contribution in [3.05, 3.63) is 40.7 Å². The molecule has 1 aromatic carbocycles. The van der Waals surface area contributed by atoms with Crippen LogP contribution in [-0.4, -0.2) is 28.0 Å². The van der Waals surface area contributed by atoms with Crippen molar-refractivity contribution in [3.63, 3.8) is 0 Å². The lowest BCUT2D eigenvalue weighted by Gasteiger charge is -2.08. The molecule has 0 radical (unpaired) electrons. The molecule has 0 aliphatic heterocycles. The van der Waals surface area contributed by atoms with E-state index in [9.17, 15) is 9.50 Å². The third-order valence-corrected chi connectivity index (χ3v) is 4.24. The molecule has 1 aliphatic carbocycles. The van der Waals surface area contributed by atoms with Gasteiger partial charge in [0.1, 0.15) is 10.8 Å². The summed E-state index contributed by atoms with van der Waals surface area (Å²) in [6.45, 7) is 0.524. The van der Waals surface area contributed by atoms with Gasteiger partial charge in [-0.1, -0.05) is 23.5 Å². The number of nitrogens with one attached hydrogen (secondary N) is 1. The van der Waals surface area contributed by atoms with Crippen LogP contribution in [0.2, 0.25) is 0 Å². The number of benzene rings is 1. The SMILES string of the molecule is O[C@H](CNc1nnc(Cc2ccc(F)cc2)s1)C1CC1. The summed E-state index contributed by atoms with van der Waals surface area (Å²) in [5, 5.41) is 22.6. The van der Waals surface area contributed by atoms with Crippen LogP contribution in [0.1, 0.15) is 23.4 Å². The number of halogens is 1. The van der Waals surface area contributed by atoms with Crippen LogP contribution in [0, 0.1) is 11.7 Å². The molecule has 1 aliphatic rings. The average Bonchev–Trinajstić information content (AvgIpc) is 3.20. The van der Waals surface area contributed by atoms with E-state index in [4.69, 9.17) is 0 Å². The Morgan fingerprint density at radius 2 is 2.05 bits per heavy atom. The van der Waals surface area contributed by atoms with Crippen LogP contribution in [0.4, 0.5) is 9.52 Å². The molecule has 106 valence electrons. The molecule has 1 fully saturated rings. The first-order chi connectivity index (χ1) is 9.70. The Morgan fingerprint density at radius 1 is 1.30 bits per heavy atom. The molecule has 3 rings (SSSR count). The zero-order valence-electron chi connectivity index (χ0n) is 10.9. The van der Waals surface area contributed by atoms with E-state index in [1.807, 2.05) is 0 Å². The summed E-state index contributed by atoms with van der Waals surface area (Å²) >= 11 is 1.47. The second kappa shape index (κ2) is 5.85. The van der Waals surface area contributed by atoms with Crippen molar-refractivity contribution in [1.82, 2.24) is 10.2 Å². The summed E-state index contributed by atoms with van der Waals surface area (Å²) in [4.78, 5) is 0. The highest BCUT2D eigenvalue weighted by atomic mass is 32.1. The number of hydrogen-bond acceptors (Lipinski definition) is 5. The van der Waals surface area contributed by atoms with Crippen molar-refractivity contribution in [1.29, 1.82) is 0 Å². The number of nitrogens with zero attached hydrogens (tertiary/aromatic N) is 2. The van der Waals surface area contributed by atoms with Crippen molar-refractivity contribution >= 4 is 16.5 Å². The molecule has 1 aromatic heterocycles. The van der Waals surface area contributed by atoms with Crippen LogP contribution in [-0.2, 0) is 6.42 Å². The minimum absolute atomic E-state index is 0.234. The smallest absolute Gasteiger partial charge is 0.205 e. The van der Waals surface area contributed by atoms with Crippen molar-refractivity contribution < 1.29 is 9.50 Å². The summed E-state index contributed by atoms with van der Waals surface area (Å²) < 4.78 is 12.8. The van der Waals surface area contributed by atoms with Gasteiger partial charge in [-0.25, -0.2) is 4.39 Å². The van der Waals surface area contributed by atoms with Crippen LogP contribution in [0.15, 0.2) is 24.3 Å². The normalized spacial score (nSPS) is 16.1. The molecule has 4 nitrogen and oxygen atoms in total. The first-order valence-electron chi connectivity index (χ1n) is 6.69. The number of aliphatic hydroxyl groups excluding tert-OH is 1. The van der Waals surface area contributed by atoms with E-state index in [0.29, 0.717) is 18.9 Å². The lowest BCUT2D eigenvalue weighted by Crippen LogP contribution is -2.21. The van der Waals surface area contributed by atoms with Crippen LogP contribution in [0.5, 0.6) is 0 Å². The summed E-state index contributed by atoms with van der Waals surface area (Å²) in [5.41, 5.74) is 1.01. The second-order valence-electron chi connectivity index (χ2n) is 5.09. The fraction of sp³-hybridized carbons (Fsp3) is 0.429. The van der Waals surface area contributed by atoms with Crippen LogP contribution in [0.25, 0.3) is 0 Å². The molecule has 6 heteroatoms. The number of aromatic nitrogens is 2. The van der Waals surface area contributed by atoms with Crippen LogP contribution >= 0.6 is 11.3 Å². The monoisotopic (exact) mass is 293 g/mol. The predicted molar refractivity (Wildman–Crippen MR) is 76.3 cm³/mol. The molecule has 1 saturated carbocycles. The molecular weight excluding hydrogens is 277 g/mol. The van der Waals surface area contributed by atoms with Gasteiger partial charge >= 0.3 is 0 Å². The van der Waals surface area contributed by atoms with Gasteiger partial charge in [-0.15, -0.1) is 10.2 Å². The van der Waals surface area contributed by atoms with E-state index in [0.717, 1.165) is 28.5 Å². The summed E-state index contributed by atoms with van der Waals surface area (Å²) in [7, 11) is 0. The van der Waals surface area contributed by atoms with Crippen molar-refractivity contribution in [2.75, 3.05) is 11.9 Å². The Hall–Kier alpha value is -1.53. The molecule has 1 heterocycles. The molecular formula is C14H16FN3OS. The van der Waals surface area contributed by atoms with E-state index in [2.05, 4.69) is 15.5 Å². The number of aliphatic hydroxyl groups is 1. The minimum atomic E-state index is -0.292. The third-order valence-electron chi connectivity index (χ3n) is 3.36. The highest BCUT2D eigenvalue weighted by molar-refractivity contribution is 7.15. The maximum absolute atomic E-state index is 12.8. The number of rotatable bonds is 6. The van der Waals surface area contributed by atoms with Crippen LogP contribution in [0.3, 0.4) is 0 Å². The first kappa shape index (κ1) is 13.5. The zero-order valence-corrected chi connectivity index (χ0v) is 11.7.